The topological polar surface area (TPSA) is 58.2 Å². The zero-order valence-electron chi connectivity index (χ0n) is 10.2. The molecule has 0 aromatic heterocycles. The molecule has 0 aromatic carbocycles. The fraction of sp³-hybridized carbons (Fsp3) is 0.818. The normalized spacial score (nSPS) is 11.0. The Balaban J connectivity index is 3.63. The average molecular weight is 293 g/mol. The molecular weight excluding hydrogens is 272 g/mol. The van der Waals surface area contributed by atoms with Crippen LogP contribution in [0.3, 0.4) is 0 Å². The number of halogens is 1. The molecule has 0 aliphatic rings. The van der Waals surface area contributed by atoms with Crippen LogP contribution in [-0.2, 0) is 9.59 Å². The first-order chi connectivity index (χ1) is 7.35. The van der Waals surface area contributed by atoms with Crippen LogP contribution in [0.1, 0.15) is 40.0 Å². The second-order valence-electron chi connectivity index (χ2n) is 4.72. The maximum atomic E-state index is 11.4. The van der Waals surface area contributed by atoms with Gasteiger partial charge in [0.05, 0.1) is 6.54 Å². The molecule has 0 bridgehead atoms. The number of nitrogens with one attached hydrogen (secondary N) is 2. The molecule has 0 aliphatic carbocycles. The Morgan fingerprint density at radius 2 is 1.75 bits per heavy atom. The molecule has 0 atom stereocenters. The molecule has 0 aromatic rings. The maximum Gasteiger partial charge on any atom is 0.239 e. The van der Waals surface area contributed by atoms with Crippen molar-refractivity contribution in [3.8, 4) is 0 Å². The van der Waals surface area contributed by atoms with E-state index in [-0.39, 0.29) is 23.9 Å². The van der Waals surface area contributed by atoms with Crippen molar-refractivity contribution in [2.24, 2.45) is 0 Å². The lowest BCUT2D eigenvalue weighted by atomic mass is 10.1. The monoisotopic (exact) mass is 292 g/mol. The Kier molecular flexibility index (Phi) is 7.38. The van der Waals surface area contributed by atoms with Gasteiger partial charge in [-0.1, -0.05) is 15.9 Å². The van der Waals surface area contributed by atoms with Crippen molar-refractivity contribution in [3.63, 3.8) is 0 Å². The second kappa shape index (κ2) is 7.65. The van der Waals surface area contributed by atoms with Crippen LogP contribution >= 0.6 is 15.9 Å². The molecule has 4 nitrogen and oxygen atoms in total. The van der Waals surface area contributed by atoms with Crippen molar-refractivity contribution in [2.45, 2.75) is 45.6 Å². The minimum atomic E-state index is -0.252. The molecule has 0 saturated heterocycles. The van der Waals surface area contributed by atoms with E-state index in [4.69, 9.17) is 0 Å². The van der Waals surface area contributed by atoms with E-state index in [0.717, 1.165) is 18.2 Å². The number of alkyl halides is 1. The number of rotatable bonds is 6. The van der Waals surface area contributed by atoms with Crippen LogP contribution in [0.25, 0.3) is 0 Å². The highest BCUT2D eigenvalue weighted by Crippen LogP contribution is 1.99. The number of unbranched alkanes of at least 4 members (excludes halogenated alkanes) is 1. The largest absolute Gasteiger partial charge is 0.350 e. The van der Waals surface area contributed by atoms with E-state index in [1.807, 2.05) is 20.8 Å². The van der Waals surface area contributed by atoms with Gasteiger partial charge in [-0.3, -0.25) is 9.59 Å². The third-order valence-corrected chi connectivity index (χ3v) is 2.31. The molecule has 0 spiro atoms. The Hall–Kier alpha value is -0.580. The van der Waals surface area contributed by atoms with E-state index in [1.54, 1.807) is 0 Å². The molecule has 0 saturated carbocycles. The van der Waals surface area contributed by atoms with Crippen molar-refractivity contribution in [3.05, 3.63) is 0 Å². The fourth-order valence-corrected chi connectivity index (χ4v) is 1.51. The van der Waals surface area contributed by atoms with E-state index < -0.39 is 0 Å². The Labute approximate surface area is 106 Å². The van der Waals surface area contributed by atoms with Gasteiger partial charge in [0.15, 0.2) is 0 Å². The first kappa shape index (κ1) is 15.4. The molecule has 0 rings (SSSR count). The first-order valence-corrected chi connectivity index (χ1v) is 6.61. The predicted octanol–water partition coefficient (Wildman–Crippen LogP) is 1.58. The van der Waals surface area contributed by atoms with Crippen molar-refractivity contribution in [2.75, 3.05) is 11.9 Å². The van der Waals surface area contributed by atoms with Crippen molar-refractivity contribution in [1.29, 1.82) is 0 Å². The quantitative estimate of drug-likeness (QED) is 0.577. The molecule has 0 unspecified atom stereocenters. The molecule has 0 aliphatic heterocycles. The number of carbonyl (C=O) groups is 2. The van der Waals surface area contributed by atoms with Crippen LogP contribution in [0.4, 0.5) is 0 Å². The standard InChI is InChI=1S/C11H21BrN2O2/c1-11(2,3)14-10(16)8-13-9(15)6-4-5-7-12/h4-8H2,1-3H3,(H,13,15)(H,14,16). The second-order valence-corrected chi connectivity index (χ2v) is 5.51. The molecule has 5 heteroatoms. The minimum absolute atomic E-state index is 0.0599. The maximum absolute atomic E-state index is 11.4. The SMILES string of the molecule is CC(C)(C)NC(=O)CNC(=O)CCCCBr. The van der Waals surface area contributed by atoms with E-state index in [1.165, 1.54) is 0 Å². The van der Waals surface area contributed by atoms with Gasteiger partial charge in [-0.2, -0.15) is 0 Å². The van der Waals surface area contributed by atoms with Gasteiger partial charge in [0.25, 0.3) is 0 Å². The number of hydrogen-bond acceptors (Lipinski definition) is 2. The van der Waals surface area contributed by atoms with Crippen LogP contribution in [0.5, 0.6) is 0 Å². The smallest absolute Gasteiger partial charge is 0.239 e. The van der Waals surface area contributed by atoms with Gasteiger partial charge in [0, 0.05) is 17.3 Å². The Bertz CT molecular complexity index is 237. The molecule has 94 valence electrons. The summed E-state index contributed by atoms with van der Waals surface area (Å²) in [5.41, 5.74) is -0.252. The van der Waals surface area contributed by atoms with Crippen LogP contribution < -0.4 is 10.6 Å². The zero-order valence-corrected chi connectivity index (χ0v) is 11.8. The average Bonchev–Trinajstić information content (AvgIpc) is 2.12. The summed E-state index contributed by atoms with van der Waals surface area (Å²) in [6.45, 7) is 5.78. The lowest BCUT2D eigenvalue weighted by Crippen LogP contribution is -2.45. The van der Waals surface area contributed by atoms with Gasteiger partial charge in [-0.05, 0) is 33.6 Å². The van der Waals surface area contributed by atoms with E-state index in [2.05, 4.69) is 26.6 Å². The van der Waals surface area contributed by atoms with Crippen LogP contribution in [0, 0.1) is 0 Å². The number of hydrogen-bond donors (Lipinski definition) is 2. The first-order valence-electron chi connectivity index (χ1n) is 5.49. The van der Waals surface area contributed by atoms with Crippen LogP contribution in [0.15, 0.2) is 0 Å². The summed E-state index contributed by atoms with van der Waals surface area (Å²) in [6, 6.07) is 0. The van der Waals surface area contributed by atoms with E-state index >= 15 is 0 Å². The highest BCUT2D eigenvalue weighted by Gasteiger charge is 2.13. The van der Waals surface area contributed by atoms with Gasteiger partial charge in [-0.25, -0.2) is 0 Å². The minimum Gasteiger partial charge on any atom is -0.350 e. The Morgan fingerprint density at radius 1 is 1.12 bits per heavy atom. The van der Waals surface area contributed by atoms with Gasteiger partial charge in [-0.15, -0.1) is 0 Å². The van der Waals surface area contributed by atoms with Gasteiger partial charge in [0.1, 0.15) is 0 Å². The molecular formula is C11H21BrN2O2. The van der Waals surface area contributed by atoms with E-state index in [0.29, 0.717) is 6.42 Å². The van der Waals surface area contributed by atoms with Crippen molar-refractivity contribution in [1.82, 2.24) is 10.6 Å². The van der Waals surface area contributed by atoms with Gasteiger partial charge < -0.3 is 10.6 Å². The third-order valence-electron chi connectivity index (χ3n) is 1.75. The molecule has 2 N–H and O–H groups in total. The fourth-order valence-electron chi connectivity index (χ4n) is 1.11. The molecule has 16 heavy (non-hydrogen) atoms. The molecule has 0 heterocycles. The summed E-state index contributed by atoms with van der Waals surface area (Å²) >= 11 is 3.30. The van der Waals surface area contributed by atoms with Gasteiger partial charge in [0.2, 0.25) is 11.8 Å². The van der Waals surface area contributed by atoms with Crippen molar-refractivity contribution >= 4 is 27.7 Å². The van der Waals surface area contributed by atoms with Gasteiger partial charge >= 0.3 is 0 Å². The number of amides is 2. The predicted molar refractivity (Wildman–Crippen MR) is 68.6 cm³/mol. The summed E-state index contributed by atoms with van der Waals surface area (Å²) in [4.78, 5) is 22.6. The molecule has 2 amide bonds. The molecule has 0 radical (unpaired) electrons. The molecule has 0 fully saturated rings. The van der Waals surface area contributed by atoms with Crippen molar-refractivity contribution < 1.29 is 9.59 Å². The lowest BCUT2D eigenvalue weighted by molar-refractivity contribution is -0.126. The van der Waals surface area contributed by atoms with Crippen LogP contribution in [-0.4, -0.2) is 29.2 Å². The Morgan fingerprint density at radius 3 is 2.25 bits per heavy atom. The van der Waals surface area contributed by atoms with Crippen LogP contribution in [0.2, 0.25) is 0 Å². The summed E-state index contributed by atoms with van der Waals surface area (Å²) < 4.78 is 0. The highest BCUT2D eigenvalue weighted by molar-refractivity contribution is 9.09. The summed E-state index contributed by atoms with van der Waals surface area (Å²) in [6.07, 6.45) is 2.30. The summed E-state index contributed by atoms with van der Waals surface area (Å²) in [5.74, 6) is -0.216. The lowest BCUT2D eigenvalue weighted by Gasteiger charge is -2.20. The van der Waals surface area contributed by atoms with E-state index in [9.17, 15) is 9.59 Å². The third kappa shape index (κ3) is 9.96. The highest BCUT2D eigenvalue weighted by atomic mass is 79.9. The summed E-state index contributed by atoms with van der Waals surface area (Å²) in [7, 11) is 0. The number of carbonyl (C=O) groups excluding carboxylic acids is 2. The summed E-state index contributed by atoms with van der Waals surface area (Å²) in [5, 5.41) is 6.29. The zero-order chi connectivity index (χ0) is 12.6.